The number of thiazole rings is 1. The average molecular weight is 254 g/mol. The summed E-state index contributed by atoms with van der Waals surface area (Å²) in [5.74, 6) is 0. The molecule has 1 unspecified atom stereocenters. The van der Waals surface area contributed by atoms with E-state index in [1.54, 1.807) is 11.3 Å². The summed E-state index contributed by atoms with van der Waals surface area (Å²) in [6, 6.07) is 0.628. The molecule has 2 rings (SSSR count). The fourth-order valence-electron chi connectivity index (χ4n) is 2.17. The fourth-order valence-corrected chi connectivity index (χ4v) is 2.94. The van der Waals surface area contributed by atoms with E-state index in [0.717, 1.165) is 24.6 Å². The minimum Gasteiger partial charge on any atom is -0.310 e. The Bertz CT molecular complexity index is 352. The van der Waals surface area contributed by atoms with Gasteiger partial charge in [-0.05, 0) is 21.0 Å². The highest BCUT2D eigenvalue weighted by Crippen LogP contribution is 2.11. The number of rotatable bonds is 4. The van der Waals surface area contributed by atoms with Crippen molar-refractivity contribution in [1.82, 2.24) is 20.1 Å². The molecule has 0 aliphatic carbocycles. The number of hydrogen-bond acceptors (Lipinski definition) is 5. The Morgan fingerprint density at radius 2 is 2.29 bits per heavy atom. The van der Waals surface area contributed by atoms with Gasteiger partial charge in [0.05, 0.1) is 5.01 Å². The zero-order valence-electron chi connectivity index (χ0n) is 10.9. The van der Waals surface area contributed by atoms with Gasteiger partial charge in [0.25, 0.3) is 0 Å². The van der Waals surface area contributed by atoms with Crippen LogP contribution in [-0.4, -0.2) is 61.1 Å². The Kier molecular flexibility index (Phi) is 4.50. The van der Waals surface area contributed by atoms with Gasteiger partial charge < -0.3 is 10.2 Å². The van der Waals surface area contributed by atoms with Crippen LogP contribution in [0.15, 0.2) is 6.20 Å². The van der Waals surface area contributed by atoms with E-state index in [1.807, 2.05) is 6.20 Å². The molecule has 0 radical (unpaired) electrons. The zero-order valence-corrected chi connectivity index (χ0v) is 11.8. The summed E-state index contributed by atoms with van der Waals surface area (Å²) in [4.78, 5) is 10.5. The molecular formula is C12H22N4S. The largest absolute Gasteiger partial charge is 0.310 e. The van der Waals surface area contributed by atoms with Crippen LogP contribution in [0.4, 0.5) is 0 Å². The lowest BCUT2D eigenvalue weighted by atomic mass is 10.2. The third-order valence-corrected chi connectivity index (χ3v) is 4.24. The van der Waals surface area contributed by atoms with Gasteiger partial charge in [0, 0.05) is 49.8 Å². The first-order chi connectivity index (χ1) is 8.15. The van der Waals surface area contributed by atoms with Gasteiger partial charge >= 0.3 is 0 Å². The lowest BCUT2D eigenvalue weighted by molar-refractivity contribution is 0.113. The lowest BCUT2D eigenvalue weighted by Crippen LogP contribution is -2.53. The molecule has 0 spiro atoms. The number of nitrogens with one attached hydrogen (secondary N) is 1. The normalized spacial score (nSPS) is 23.1. The summed E-state index contributed by atoms with van der Waals surface area (Å²) in [6.45, 7) is 7.56. The van der Waals surface area contributed by atoms with Gasteiger partial charge in [0.1, 0.15) is 0 Å². The molecule has 1 aromatic heterocycles. The Labute approximate surface area is 108 Å². The van der Waals surface area contributed by atoms with Crippen LogP contribution in [0.3, 0.4) is 0 Å². The van der Waals surface area contributed by atoms with E-state index in [2.05, 4.69) is 41.1 Å². The van der Waals surface area contributed by atoms with Crippen molar-refractivity contribution in [3.63, 3.8) is 0 Å². The Morgan fingerprint density at radius 3 is 3.00 bits per heavy atom. The van der Waals surface area contributed by atoms with Crippen molar-refractivity contribution in [2.45, 2.75) is 19.5 Å². The van der Waals surface area contributed by atoms with E-state index in [0.29, 0.717) is 6.04 Å². The molecule has 1 atom stereocenters. The summed E-state index contributed by atoms with van der Waals surface area (Å²) in [5.41, 5.74) is 0. The minimum atomic E-state index is 0.628. The van der Waals surface area contributed by atoms with Gasteiger partial charge in [-0.2, -0.15) is 0 Å². The highest BCUT2D eigenvalue weighted by Gasteiger charge is 2.21. The maximum atomic E-state index is 4.27. The van der Waals surface area contributed by atoms with E-state index in [4.69, 9.17) is 0 Å². The third kappa shape index (κ3) is 3.74. The highest BCUT2D eigenvalue weighted by molar-refractivity contribution is 7.11. The van der Waals surface area contributed by atoms with E-state index >= 15 is 0 Å². The number of likely N-dealkylation sites (N-methyl/N-ethyl adjacent to an activating group) is 2. The Balaban J connectivity index is 1.74. The summed E-state index contributed by atoms with van der Waals surface area (Å²) in [5, 5.41) is 4.69. The molecule has 1 aliphatic rings. The van der Waals surface area contributed by atoms with Crippen molar-refractivity contribution in [3.8, 4) is 0 Å². The molecule has 1 saturated heterocycles. The first-order valence-electron chi connectivity index (χ1n) is 6.16. The summed E-state index contributed by atoms with van der Waals surface area (Å²) >= 11 is 1.78. The van der Waals surface area contributed by atoms with Crippen LogP contribution < -0.4 is 5.32 Å². The second kappa shape index (κ2) is 5.91. The molecule has 1 aliphatic heterocycles. The lowest BCUT2D eigenvalue weighted by Gasteiger charge is -2.37. The van der Waals surface area contributed by atoms with Crippen molar-refractivity contribution in [3.05, 3.63) is 16.1 Å². The van der Waals surface area contributed by atoms with Crippen molar-refractivity contribution in [2.24, 2.45) is 0 Å². The maximum Gasteiger partial charge on any atom is 0.0897 e. The van der Waals surface area contributed by atoms with Crippen LogP contribution in [0.25, 0.3) is 0 Å². The standard InChI is InChI=1S/C12H22N4S/c1-10-14-8-12(17-10)7-13-6-11-9-15(2)4-5-16(11)3/h8,11,13H,4-7,9H2,1-3H3. The number of nitrogens with zero attached hydrogens (tertiary/aromatic N) is 3. The molecule has 4 nitrogen and oxygen atoms in total. The molecule has 1 N–H and O–H groups in total. The van der Waals surface area contributed by atoms with E-state index in [9.17, 15) is 0 Å². The van der Waals surface area contributed by atoms with Crippen molar-refractivity contribution < 1.29 is 0 Å². The fraction of sp³-hybridized carbons (Fsp3) is 0.750. The topological polar surface area (TPSA) is 31.4 Å². The molecule has 0 saturated carbocycles. The molecular weight excluding hydrogens is 232 g/mol. The second-order valence-electron chi connectivity index (χ2n) is 4.87. The molecule has 5 heteroatoms. The Hall–Kier alpha value is -0.490. The van der Waals surface area contributed by atoms with Gasteiger partial charge in [0.2, 0.25) is 0 Å². The van der Waals surface area contributed by atoms with Crippen molar-refractivity contribution in [2.75, 3.05) is 40.3 Å². The van der Waals surface area contributed by atoms with E-state index < -0.39 is 0 Å². The van der Waals surface area contributed by atoms with Crippen molar-refractivity contribution >= 4 is 11.3 Å². The third-order valence-electron chi connectivity index (χ3n) is 3.33. The SMILES string of the molecule is Cc1ncc(CNCC2CN(C)CCN2C)s1. The van der Waals surface area contributed by atoms with Crippen LogP contribution in [0.1, 0.15) is 9.88 Å². The first kappa shape index (κ1) is 13.0. The van der Waals surface area contributed by atoms with Gasteiger partial charge in [-0.25, -0.2) is 4.98 Å². The van der Waals surface area contributed by atoms with Crippen LogP contribution in [-0.2, 0) is 6.54 Å². The summed E-state index contributed by atoms with van der Waals surface area (Å²) in [6.07, 6.45) is 1.98. The first-order valence-corrected chi connectivity index (χ1v) is 6.97. The van der Waals surface area contributed by atoms with Crippen LogP contribution >= 0.6 is 11.3 Å². The number of piperazine rings is 1. The second-order valence-corrected chi connectivity index (χ2v) is 6.19. The van der Waals surface area contributed by atoms with Gasteiger partial charge in [0.15, 0.2) is 0 Å². The highest BCUT2D eigenvalue weighted by atomic mass is 32.1. The molecule has 0 aromatic carbocycles. The number of aromatic nitrogens is 1. The molecule has 1 aromatic rings. The average Bonchev–Trinajstić information content (AvgIpc) is 2.69. The predicted octanol–water partition coefficient (Wildman–Crippen LogP) is 0.787. The molecule has 1 fully saturated rings. The van der Waals surface area contributed by atoms with Gasteiger partial charge in [-0.15, -0.1) is 11.3 Å². The molecule has 96 valence electrons. The van der Waals surface area contributed by atoms with Gasteiger partial charge in [-0.1, -0.05) is 0 Å². The minimum absolute atomic E-state index is 0.628. The van der Waals surface area contributed by atoms with Gasteiger partial charge in [-0.3, -0.25) is 4.90 Å². The van der Waals surface area contributed by atoms with Crippen LogP contribution in [0, 0.1) is 6.92 Å². The molecule has 0 bridgehead atoms. The van der Waals surface area contributed by atoms with Crippen LogP contribution in [0.2, 0.25) is 0 Å². The Morgan fingerprint density at radius 1 is 1.47 bits per heavy atom. The number of aryl methyl sites for hydroxylation is 1. The smallest absolute Gasteiger partial charge is 0.0897 e. The zero-order chi connectivity index (χ0) is 12.3. The van der Waals surface area contributed by atoms with Crippen LogP contribution in [0.5, 0.6) is 0 Å². The van der Waals surface area contributed by atoms with Crippen molar-refractivity contribution in [1.29, 1.82) is 0 Å². The summed E-state index contributed by atoms with van der Waals surface area (Å²) < 4.78 is 0. The molecule has 0 amide bonds. The van der Waals surface area contributed by atoms with E-state index in [-0.39, 0.29) is 0 Å². The van der Waals surface area contributed by atoms with E-state index in [1.165, 1.54) is 18.0 Å². The quantitative estimate of drug-likeness (QED) is 0.861. The maximum absolute atomic E-state index is 4.27. The molecule has 2 heterocycles. The number of hydrogen-bond donors (Lipinski definition) is 1. The monoisotopic (exact) mass is 254 g/mol. The predicted molar refractivity (Wildman–Crippen MR) is 72.5 cm³/mol. The summed E-state index contributed by atoms with van der Waals surface area (Å²) in [7, 11) is 4.42. The molecule has 17 heavy (non-hydrogen) atoms.